The van der Waals surface area contributed by atoms with Gasteiger partial charge in [-0.15, -0.1) is 0 Å². The van der Waals surface area contributed by atoms with Gasteiger partial charge in [0.25, 0.3) is 0 Å². The Morgan fingerprint density at radius 3 is 2.58 bits per heavy atom. The number of nitrogens with two attached hydrogens (primary N) is 1. The number of hydrogen-bond donors (Lipinski definition) is 2. The minimum absolute atomic E-state index is 0.00417. The van der Waals surface area contributed by atoms with Crippen molar-refractivity contribution in [3.63, 3.8) is 0 Å². The van der Waals surface area contributed by atoms with Crippen molar-refractivity contribution in [2.45, 2.75) is 45.6 Å². The molecule has 0 spiro atoms. The van der Waals surface area contributed by atoms with Gasteiger partial charge < -0.3 is 10.2 Å². The first-order valence-corrected chi connectivity index (χ1v) is 7.04. The molecule has 0 amide bonds. The van der Waals surface area contributed by atoms with Crippen LogP contribution >= 0.6 is 0 Å². The van der Waals surface area contributed by atoms with E-state index in [0.29, 0.717) is 11.5 Å². The summed E-state index contributed by atoms with van der Waals surface area (Å²) in [5, 5.41) is 0. The molecule has 1 aromatic heterocycles. The second kappa shape index (κ2) is 6.06. The van der Waals surface area contributed by atoms with Crippen LogP contribution in [0.25, 0.3) is 11.1 Å². The van der Waals surface area contributed by atoms with Gasteiger partial charge in [0.15, 0.2) is 5.58 Å². The van der Waals surface area contributed by atoms with Gasteiger partial charge in [0.1, 0.15) is 0 Å². The van der Waals surface area contributed by atoms with Gasteiger partial charge in [-0.3, -0.25) is 4.98 Å². The smallest absolute Gasteiger partial charge is 0.408 e. The molecule has 0 saturated heterocycles. The van der Waals surface area contributed by atoms with Crippen LogP contribution in [0.2, 0.25) is 0 Å². The summed E-state index contributed by atoms with van der Waals surface area (Å²) < 4.78 is 5.09. The SMILES string of the molecule is CCCC(CCC)C(N)c1ccc2[nH]c(=O)oc2c1. The third-order valence-corrected chi connectivity index (χ3v) is 3.66. The van der Waals surface area contributed by atoms with Gasteiger partial charge in [0.2, 0.25) is 0 Å². The van der Waals surface area contributed by atoms with Gasteiger partial charge in [-0.1, -0.05) is 32.8 Å². The topological polar surface area (TPSA) is 72.0 Å². The number of H-pyrrole nitrogens is 1. The number of benzene rings is 1. The number of hydrogen-bond acceptors (Lipinski definition) is 3. The Morgan fingerprint density at radius 1 is 1.26 bits per heavy atom. The lowest BCUT2D eigenvalue weighted by Gasteiger charge is -2.23. The average Bonchev–Trinajstić information content (AvgIpc) is 2.76. The van der Waals surface area contributed by atoms with E-state index < -0.39 is 5.76 Å². The molecule has 0 fully saturated rings. The quantitative estimate of drug-likeness (QED) is 0.838. The van der Waals surface area contributed by atoms with Crippen molar-refractivity contribution < 1.29 is 4.42 Å². The van der Waals surface area contributed by atoms with Gasteiger partial charge in [-0.2, -0.15) is 0 Å². The second-order valence-corrected chi connectivity index (χ2v) is 5.13. The Labute approximate surface area is 113 Å². The Hall–Kier alpha value is -1.55. The molecule has 0 radical (unpaired) electrons. The van der Waals surface area contributed by atoms with E-state index in [0.717, 1.165) is 36.8 Å². The molecular formula is C15H22N2O2. The predicted octanol–water partition coefficient (Wildman–Crippen LogP) is 3.34. The molecule has 0 aliphatic heterocycles. The summed E-state index contributed by atoms with van der Waals surface area (Å²) in [6, 6.07) is 5.74. The summed E-state index contributed by atoms with van der Waals surface area (Å²) in [5.41, 5.74) is 8.74. The van der Waals surface area contributed by atoms with Crippen molar-refractivity contribution in [2.24, 2.45) is 11.7 Å². The molecule has 1 heterocycles. The molecule has 4 heteroatoms. The molecule has 3 N–H and O–H groups in total. The maximum atomic E-state index is 11.2. The first-order chi connectivity index (χ1) is 9.15. The molecule has 0 aliphatic carbocycles. The zero-order chi connectivity index (χ0) is 13.8. The fraction of sp³-hybridized carbons (Fsp3) is 0.533. The van der Waals surface area contributed by atoms with E-state index in [4.69, 9.17) is 10.2 Å². The van der Waals surface area contributed by atoms with Crippen LogP contribution in [0.5, 0.6) is 0 Å². The Morgan fingerprint density at radius 2 is 1.95 bits per heavy atom. The molecule has 1 aromatic carbocycles. The monoisotopic (exact) mass is 262 g/mol. The number of fused-ring (bicyclic) bond motifs is 1. The summed E-state index contributed by atoms with van der Waals surface area (Å²) in [5.74, 6) is 0.0671. The number of aromatic nitrogens is 1. The Balaban J connectivity index is 2.28. The second-order valence-electron chi connectivity index (χ2n) is 5.13. The van der Waals surface area contributed by atoms with Crippen LogP contribution < -0.4 is 11.5 Å². The van der Waals surface area contributed by atoms with Crippen LogP contribution in [0.1, 0.15) is 51.1 Å². The Bertz CT molecular complexity index is 579. The van der Waals surface area contributed by atoms with Crippen LogP contribution in [0.3, 0.4) is 0 Å². The molecule has 2 aromatic rings. The first-order valence-electron chi connectivity index (χ1n) is 7.04. The third kappa shape index (κ3) is 3.07. The molecule has 0 aliphatic rings. The maximum Gasteiger partial charge on any atom is 0.417 e. The van der Waals surface area contributed by atoms with E-state index in [-0.39, 0.29) is 6.04 Å². The van der Waals surface area contributed by atoms with Gasteiger partial charge in [-0.05, 0) is 36.5 Å². The molecule has 2 rings (SSSR count). The lowest BCUT2D eigenvalue weighted by Crippen LogP contribution is -2.21. The van der Waals surface area contributed by atoms with Gasteiger partial charge in [-0.25, -0.2) is 4.79 Å². The van der Waals surface area contributed by atoms with E-state index in [1.54, 1.807) is 0 Å². The van der Waals surface area contributed by atoms with E-state index in [2.05, 4.69) is 18.8 Å². The summed E-state index contributed by atoms with van der Waals surface area (Å²) in [7, 11) is 0. The first kappa shape index (κ1) is 13.9. The van der Waals surface area contributed by atoms with Crippen LogP contribution in [0.15, 0.2) is 27.4 Å². The summed E-state index contributed by atoms with van der Waals surface area (Å²) in [4.78, 5) is 13.8. The number of nitrogens with one attached hydrogen (secondary N) is 1. The highest BCUT2D eigenvalue weighted by Crippen LogP contribution is 2.29. The fourth-order valence-electron chi connectivity index (χ4n) is 2.69. The largest absolute Gasteiger partial charge is 0.417 e. The van der Waals surface area contributed by atoms with E-state index >= 15 is 0 Å². The normalized spacial score (nSPS) is 13.3. The van der Waals surface area contributed by atoms with Crippen molar-refractivity contribution in [3.05, 3.63) is 34.3 Å². The maximum absolute atomic E-state index is 11.2. The predicted molar refractivity (Wildman–Crippen MR) is 77.1 cm³/mol. The highest BCUT2D eigenvalue weighted by atomic mass is 16.4. The van der Waals surface area contributed by atoms with Crippen molar-refractivity contribution in [3.8, 4) is 0 Å². The zero-order valence-electron chi connectivity index (χ0n) is 11.6. The highest BCUT2D eigenvalue weighted by Gasteiger charge is 2.18. The number of aromatic amines is 1. The van der Waals surface area contributed by atoms with Gasteiger partial charge in [0.05, 0.1) is 5.52 Å². The van der Waals surface area contributed by atoms with Crippen LogP contribution in [0.4, 0.5) is 0 Å². The van der Waals surface area contributed by atoms with Crippen molar-refractivity contribution in [1.82, 2.24) is 4.98 Å². The Kier molecular flexibility index (Phi) is 4.43. The van der Waals surface area contributed by atoms with E-state index in [1.165, 1.54) is 0 Å². The van der Waals surface area contributed by atoms with E-state index in [1.807, 2.05) is 18.2 Å². The highest BCUT2D eigenvalue weighted by molar-refractivity contribution is 5.72. The van der Waals surface area contributed by atoms with Crippen LogP contribution in [-0.4, -0.2) is 4.98 Å². The van der Waals surface area contributed by atoms with Crippen molar-refractivity contribution >= 4 is 11.1 Å². The molecule has 104 valence electrons. The van der Waals surface area contributed by atoms with Crippen molar-refractivity contribution in [2.75, 3.05) is 0 Å². The molecule has 0 bridgehead atoms. The van der Waals surface area contributed by atoms with Gasteiger partial charge >= 0.3 is 5.76 Å². The zero-order valence-corrected chi connectivity index (χ0v) is 11.6. The minimum atomic E-state index is -0.417. The lowest BCUT2D eigenvalue weighted by molar-refractivity contribution is 0.368. The minimum Gasteiger partial charge on any atom is -0.408 e. The number of rotatable bonds is 6. The van der Waals surface area contributed by atoms with Crippen molar-refractivity contribution in [1.29, 1.82) is 0 Å². The fourth-order valence-corrected chi connectivity index (χ4v) is 2.69. The van der Waals surface area contributed by atoms with E-state index in [9.17, 15) is 4.79 Å². The average molecular weight is 262 g/mol. The molecule has 0 saturated carbocycles. The summed E-state index contributed by atoms with van der Waals surface area (Å²) >= 11 is 0. The standard InChI is InChI=1S/C15H22N2O2/c1-3-5-10(6-4-2)14(16)11-7-8-12-13(9-11)19-15(18)17-12/h7-10,14H,3-6,16H2,1-2H3,(H,17,18). The van der Waals surface area contributed by atoms with Crippen LogP contribution in [0, 0.1) is 5.92 Å². The molecule has 1 unspecified atom stereocenters. The lowest BCUT2D eigenvalue weighted by atomic mass is 9.87. The summed E-state index contributed by atoms with van der Waals surface area (Å²) in [6.45, 7) is 4.37. The molecule has 19 heavy (non-hydrogen) atoms. The molecular weight excluding hydrogens is 240 g/mol. The van der Waals surface area contributed by atoms with Crippen LogP contribution in [-0.2, 0) is 0 Å². The molecule has 4 nitrogen and oxygen atoms in total. The third-order valence-electron chi connectivity index (χ3n) is 3.66. The molecule has 1 atom stereocenters. The number of oxazole rings is 1. The summed E-state index contributed by atoms with van der Waals surface area (Å²) in [6.07, 6.45) is 4.54. The van der Waals surface area contributed by atoms with Gasteiger partial charge in [0, 0.05) is 6.04 Å².